The lowest BCUT2D eigenvalue weighted by atomic mass is 10.3. The van der Waals surface area contributed by atoms with Crippen LogP contribution in [0.25, 0.3) is 0 Å². The van der Waals surface area contributed by atoms with Gasteiger partial charge in [-0.05, 0) is 28.1 Å². The van der Waals surface area contributed by atoms with Gasteiger partial charge in [0.2, 0.25) is 5.01 Å². The van der Waals surface area contributed by atoms with E-state index in [4.69, 9.17) is 10.5 Å². The van der Waals surface area contributed by atoms with Crippen LogP contribution in [0.3, 0.4) is 0 Å². The minimum Gasteiger partial charge on any atom is -0.426 e. The Balaban J connectivity index is 2.27. The molecule has 18 heavy (non-hydrogen) atoms. The van der Waals surface area contributed by atoms with Crippen LogP contribution in [0.2, 0.25) is 0 Å². The minimum absolute atomic E-state index is 0.211. The molecule has 2 rings (SSSR count). The molecule has 2 N–H and O–H groups in total. The number of aromatic nitrogens is 2. The molecule has 0 aliphatic carbocycles. The number of ether oxygens (including phenoxy) is 1. The summed E-state index contributed by atoms with van der Waals surface area (Å²) in [7, 11) is 0. The Morgan fingerprint density at radius 2 is 2.00 bits per heavy atom. The zero-order valence-electron chi connectivity index (χ0n) is 8.53. The van der Waals surface area contributed by atoms with E-state index in [1.165, 1.54) is 0 Å². The quantitative estimate of drug-likeness (QED) is 0.847. The first-order chi connectivity index (χ1) is 8.38. The third-order valence-corrected chi connectivity index (χ3v) is 3.31. The molecular formula is C9H5BrF3N3OS. The molecular weight excluding hydrogens is 335 g/mol. The first kappa shape index (κ1) is 13.1. The maximum Gasteiger partial charge on any atom is 0.445 e. The molecule has 0 saturated heterocycles. The predicted octanol–water partition coefficient (Wildman–Crippen LogP) is 3.69. The van der Waals surface area contributed by atoms with Gasteiger partial charge in [-0.25, -0.2) is 0 Å². The van der Waals surface area contributed by atoms with Gasteiger partial charge in [-0.2, -0.15) is 13.2 Å². The molecule has 0 unspecified atom stereocenters. The molecule has 0 spiro atoms. The predicted molar refractivity (Wildman–Crippen MR) is 63.5 cm³/mol. The second-order valence-corrected chi connectivity index (χ2v) is 4.93. The smallest absolute Gasteiger partial charge is 0.426 e. The number of benzene rings is 1. The highest BCUT2D eigenvalue weighted by atomic mass is 79.9. The molecule has 1 heterocycles. The Labute approximate surface area is 112 Å². The van der Waals surface area contributed by atoms with Crippen LogP contribution in [0.4, 0.5) is 18.9 Å². The van der Waals surface area contributed by atoms with E-state index >= 15 is 0 Å². The summed E-state index contributed by atoms with van der Waals surface area (Å²) in [6, 6.07) is 4.89. The van der Waals surface area contributed by atoms with Gasteiger partial charge in [0.05, 0.1) is 10.2 Å². The number of alkyl halides is 3. The topological polar surface area (TPSA) is 61.0 Å². The molecule has 0 radical (unpaired) electrons. The van der Waals surface area contributed by atoms with Crippen molar-refractivity contribution in [3.05, 3.63) is 27.7 Å². The van der Waals surface area contributed by atoms with E-state index in [2.05, 4.69) is 26.1 Å². The van der Waals surface area contributed by atoms with Crippen molar-refractivity contribution in [2.24, 2.45) is 0 Å². The van der Waals surface area contributed by atoms with E-state index in [1.54, 1.807) is 18.2 Å². The van der Waals surface area contributed by atoms with Crippen molar-refractivity contribution < 1.29 is 17.9 Å². The van der Waals surface area contributed by atoms with Gasteiger partial charge in [-0.1, -0.05) is 22.5 Å². The number of para-hydroxylation sites is 1. The fourth-order valence-electron chi connectivity index (χ4n) is 1.09. The van der Waals surface area contributed by atoms with Crippen molar-refractivity contribution in [3.63, 3.8) is 0 Å². The second-order valence-electron chi connectivity index (χ2n) is 3.13. The largest absolute Gasteiger partial charge is 0.445 e. The number of anilines is 1. The number of hydrogen-bond donors (Lipinski definition) is 1. The normalized spacial score (nSPS) is 11.6. The van der Waals surface area contributed by atoms with Crippen LogP contribution in [0.1, 0.15) is 5.01 Å². The van der Waals surface area contributed by atoms with Crippen LogP contribution < -0.4 is 10.5 Å². The van der Waals surface area contributed by atoms with Gasteiger partial charge in [-0.3, -0.25) is 0 Å². The van der Waals surface area contributed by atoms with Gasteiger partial charge in [0.1, 0.15) is 0 Å². The van der Waals surface area contributed by atoms with Crippen LogP contribution in [-0.2, 0) is 6.18 Å². The maximum atomic E-state index is 12.3. The van der Waals surface area contributed by atoms with Gasteiger partial charge >= 0.3 is 6.18 Å². The molecule has 0 saturated carbocycles. The minimum atomic E-state index is -4.53. The molecule has 0 bridgehead atoms. The van der Waals surface area contributed by atoms with E-state index in [-0.39, 0.29) is 16.6 Å². The molecule has 0 amide bonds. The van der Waals surface area contributed by atoms with Gasteiger partial charge in [0, 0.05) is 0 Å². The summed E-state index contributed by atoms with van der Waals surface area (Å²) in [6.45, 7) is 0. The molecule has 0 aliphatic heterocycles. The lowest BCUT2D eigenvalue weighted by Gasteiger charge is -2.06. The number of hydrogen-bond acceptors (Lipinski definition) is 5. The summed E-state index contributed by atoms with van der Waals surface area (Å²) < 4.78 is 42.7. The molecule has 4 nitrogen and oxygen atoms in total. The van der Waals surface area contributed by atoms with Crippen molar-refractivity contribution >= 4 is 33.0 Å². The molecule has 0 aliphatic rings. The van der Waals surface area contributed by atoms with E-state index < -0.39 is 11.2 Å². The average Bonchev–Trinajstić information content (AvgIpc) is 2.72. The standard InChI is InChI=1S/C9H5BrF3N3OS/c10-4-2-1-3-5(14)6(4)17-8-16-15-7(18-8)9(11,12)13/h1-3H,14H2. The first-order valence-electron chi connectivity index (χ1n) is 4.50. The van der Waals surface area contributed by atoms with Crippen LogP contribution in [0.5, 0.6) is 10.9 Å². The van der Waals surface area contributed by atoms with E-state index in [1.807, 2.05) is 0 Å². The fraction of sp³-hybridized carbons (Fsp3) is 0.111. The number of nitrogen functional groups attached to an aromatic ring is 1. The first-order valence-corrected chi connectivity index (χ1v) is 6.11. The molecule has 96 valence electrons. The number of nitrogens with two attached hydrogens (primary N) is 1. The van der Waals surface area contributed by atoms with Crippen LogP contribution in [0, 0.1) is 0 Å². The molecule has 0 fully saturated rings. The van der Waals surface area contributed by atoms with E-state index in [0.717, 1.165) is 0 Å². The molecule has 0 atom stereocenters. The number of nitrogens with zero attached hydrogens (tertiary/aromatic N) is 2. The van der Waals surface area contributed by atoms with Crippen LogP contribution in [0.15, 0.2) is 22.7 Å². The molecule has 1 aromatic carbocycles. The highest BCUT2D eigenvalue weighted by Crippen LogP contribution is 2.39. The van der Waals surface area contributed by atoms with Crippen molar-refractivity contribution in [1.82, 2.24) is 10.2 Å². The Morgan fingerprint density at radius 3 is 2.56 bits per heavy atom. The summed E-state index contributed by atoms with van der Waals surface area (Å²) in [4.78, 5) is 0. The van der Waals surface area contributed by atoms with Gasteiger partial charge < -0.3 is 10.5 Å². The Bertz CT molecular complexity index is 552. The lowest BCUT2D eigenvalue weighted by Crippen LogP contribution is -2.03. The Kier molecular flexibility index (Phi) is 3.44. The monoisotopic (exact) mass is 339 g/mol. The van der Waals surface area contributed by atoms with Crippen molar-refractivity contribution in [2.75, 3.05) is 5.73 Å². The highest BCUT2D eigenvalue weighted by molar-refractivity contribution is 9.10. The van der Waals surface area contributed by atoms with Crippen LogP contribution >= 0.6 is 27.3 Å². The summed E-state index contributed by atoms with van der Waals surface area (Å²) in [5.41, 5.74) is 5.93. The molecule has 1 aromatic heterocycles. The molecule has 9 heteroatoms. The third-order valence-electron chi connectivity index (χ3n) is 1.84. The maximum absolute atomic E-state index is 12.3. The van der Waals surface area contributed by atoms with Gasteiger partial charge in [-0.15, -0.1) is 5.10 Å². The Hall–Kier alpha value is -1.35. The van der Waals surface area contributed by atoms with Gasteiger partial charge in [0.25, 0.3) is 5.19 Å². The SMILES string of the molecule is Nc1cccc(Br)c1Oc1nnc(C(F)(F)F)s1. The fourth-order valence-corrected chi connectivity index (χ4v) is 2.12. The van der Waals surface area contributed by atoms with Crippen molar-refractivity contribution in [3.8, 4) is 10.9 Å². The van der Waals surface area contributed by atoms with E-state index in [0.29, 0.717) is 15.8 Å². The second kappa shape index (κ2) is 4.73. The van der Waals surface area contributed by atoms with Crippen molar-refractivity contribution in [1.29, 1.82) is 0 Å². The number of rotatable bonds is 2. The number of halogens is 4. The third kappa shape index (κ3) is 2.72. The van der Waals surface area contributed by atoms with Crippen LogP contribution in [-0.4, -0.2) is 10.2 Å². The average molecular weight is 340 g/mol. The highest BCUT2D eigenvalue weighted by Gasteiger charge is 2.36. The summed E-state index contributed by atoms with van der Waals surface area (Å²) >= 11 is 3.49. The van der Waals surface area contributed by atoms with Gasteiger partial charge in [0.15, 0.2) is 5.75 Å². The summed E-state index contributed by atoms with van der Waals surface area (Å²) in [6.07, 6.45) is -4.53. The van der Waals surface area contributed by atoms with Crippen molar-refractivity contribution in [2.45, 2.75) is 6.18 Å². The zero-order valence-corrected chi connectivity index (χ0v) is 10.9. The summed E-state index contributed by atoms with van der Waals surface area (Å²) in [5, 5.41) is 5.03. The molecule has 2 aromatic rings. The summed E-state index contributed by atoms with van der Waals surface area (Å²) in [5.74, 6) is 0.211. The lowest BCUT2D eigenvalue weighted by molar-refractivity contribution is -0.138. The Morgan fingerprint density at radius 1 is 1.28 bits per heavy atom. The van der Waals surface area contributed by atoms with E-state index in [9.17, 15) is 13.2 Å². The zero-order chi connectivity index (χ0) is 13.3.